The van der Waals surface area contributed by atoms with Gasteiger partial charge in [-0.2, -0.15) is 0 Å². The van der Waals surface area contributed by atoms with Crippen molar-refractivity contribution in [2.24, 2.45) is 0 Å². The minimum Gasteiger partial charge on any atom is -0.436 e. The lowest BCUT2D eigenvalue weighted by Gasteiger charge is -2.12. The van der Waals surface area contributed by atoms with Gasteiger partial charge >= 0.3 is 0 Å². The van der Waals surface area contributed by atoms with Crippen LogP contribution in [0.5, 0.6) is 0 Å². The predicted octanol–water partition coefficient (Wildman–Crippen LogP) is 7.66. The van der Waals surface area contributed by atoms with Crippen molar-refractivity contribution in [3.63, 3.8) is 0 Å². The van der Waals surface area contributed by atoms with Gasteiger partial charge in [0.15, 0.2) is 10.7 Å². The molecule has 0 bridgehead atoms. The van der Waals surface area contributed by atoms with Crippen molar-refractivity contribution < 1.29 is 9.21 Å². The molecule has 174 valence electrons. The van der Waals surface area contributed by atoms with Crippen LogP contribution in [0.3, 0.4) is 0 Å². The van der Waals surface area contributed by atoms with Gasteiger partial charge in [0.2, 0.25) is 5.89 Å². The second-order valence-electron chi connectivity index (χ2n) is 8.53. The zero-order valence-corrected chi connectivity index (χ0v) is 21.5. The Morgan fingerprint density at radius 3 is 2.57 bits per heavy atom. The summed E-state index contributed by atoms with van der Waals surface area (Å²) in [6, 6.07) is 25.0. The molecule has 0 saturated carbocycles. The number of nitrogens with one attached hydrogen (secondary N) is 2. The van der Waals surface area contributed by atoms with Crippen molar-refractivity contribution in [1.82, 2.24) is 10.3 Å². The first-order valence-electron chi connectivity index (χ1n) is 11.2. The van der Waals surface area contributed by atoms with Gasteiger partial charge in [0.1, 0.15) is 5.52 Å². The van der Waals surface area contributed by atoms with E-state index in [1.807, 2.05) is 60.7 Å². The number of carbonyl (C=O) groups excluding carboxylic acids is 1. The number of rotatable bonds is 4. The number of halogens is 1. The van der Waals surface area contributed by atoms with Crippen LogP contribution in [0.4, 0.5) is 5.69 Å². The van der Waals surface area contributed by atoms with Crippen molar-refractivity contribution in [2.75, 3.05) is 5.32 Å². The van der Waals surface area contributed by atoms with Gasteiger partial charge in [-0.1, -0.05) is 66.2 Å². The first-order valence-corrected chi connectivity index (χ1v) is 12.4. The van der Waals surface area contributed by atoms with Crippen molar-refractivity contribution >= 4 is 66.7 Å². The molecule has 1 aromatic heterocycles. The molecule has 0 fully saturated rings. The Labute approximate surface area is 216 Å². The topological polar surface area (TPSA) is 67.2 Å². The van der Waals surface area contributed by atoms with E-state index in [2.05, 4.69) is 57.5 Å². The van der Waals surface area contributed by atoms with E-state index in [4.69, 9.17) is 16.6 Å². The number of carbonyl (C=O) groups is 1. The lowest BCUT2D eigenvalue weighted by molar-refractivity contribution is 0.0979. The largest absolute Gasteiger partial charge is 0.436 e. The molecule has 35 heavy (non-hydrogen) atoms. The number of anilines is 1. The summed E-state index contributed by atoms with van der Waals surface area (Å²) in [6.45, 7) is 4.30. The molecule has 5 aromatic rings. The number of benzene rings is 4. The van der Waals surface area contributed by atoms with Gasteiger partial charge in [-0.05, 0) is 76.9 Å². The van der Waals surface area contributed by atoms with Crippen LogP contribution in [0, 0.1) is 0 Å². The minimum atomic E-state index is -0.276. The molecule has 5 nitrogen and oxygen atoms in total. The molecule has 4 aromatic carbocycles. The van der Waals surface area contributed by atoms with Gasteiger partial charge < -0.3 is 9.73 Å². The third kappa shape index (κ3) is 4.83. The van der Waals surface area contributed by atoms with Gasteiger partial charge in [0, 0.05) is 21.3 Å². The molecular weight excluding hydrogens is 522 g/mol. The fourth-order valence-corrected chi connectivity index (χ4v) is 4.67. The van der Waals surface area contributed by atoms with Crippen molar-refractivity contribution in [3.05, 3.63) is 94.5 Å². The van der Waals surface area contributed by atoms with Crippen LogP contribution in [-0.4, -0.2) is 16.0 Å². The maximum Gasteiger partial charge on any atom is 0.258 e. The van der Waals surface area contributed by atoms with Crippen molar-refractivity contribution in [1.29, 1.82) is 0 Å². The number of fused-ring (bicyclic) bond motifs is 2. The molecule has 1 amide bonds. The number of hydrogen-bond acceptors (Lipinski definition) is 4. The molecular formula is C28H22BrN3O2S. The standard InChI is InChI=1S/C28H22BrN3O2S/c1-16(2)17-12-13-25-24(15-17)31-27(34-25)18-6-3-7-19(14-18)30-28(35)32-26(33)22-10-4-9-21-20(22)8-5-11-23(21)29/h3-16H,1-2H3,(H2,30,32,33,35). The Hall–Kier alpha value is -3.55. The second-order valence-corrected chi connectivity index (χ2v) is 9.79. The third-order valence-corrected chi connectivity index (χ3v) is 6.68. The highest BCUT2D eigenvalue weighted by molar-refractivity contribution is 9.10. The predicted molar refractivity (Wildman–Crippen MR) is 149 cm³/mol. The molecule has 0 radical (unpaired) electrons. The molecule has 0 aliphatic heterocycles. The second kappa shape index (κ2) is 9.60. The van der Waals surface area contributed by atoms with Crippen molar-refractivity contribution in [3.8, 4) is 11.5 Å². The smallest absolute Gasteiger partial charge is 0.258 e. The van der Waals surface area contributed by atoms with Crippen LogP contribution >= 0.6 is 28.1 Å². The van der Waals surface area contributed by atoms with Gasteiger partial charge in [0.05, 0.1) is 0 Å². The summed E-state index contributed by atoms with van der Waals surface area (Å²) in [5, 5.41) is 7.89. The Balaban J connectivity index is 1.34. The van der Waals surface area contributed by atoms with Crippen molar-refractivity contribution in [2.45, 2.75) is 19.8 Å². The molecule has 5 rings (SSSR count). The van der Waals surface area contributed by atoms with Crippen LogP contribution < -0.4 is 10.6 Å². The minimum absolute atomic E-state index is 0.207. The summed E-state index contributed by atoms with van der Waals surface area (Å²) in [4.78, 5) is 17.6. The van der Waals surface area contributed by atoms with Gasteiger partial charge in [-0.3, -0.25) is 10.1 Å². The third-order valence-electron chi connectivity index (χ3n) is 5.79. The Kier molecular flexibility index (Phi) is 6.36. The number of amides is 1. The number of oxazole rings is 1. The summed E-state index contributed by atoms with van der Waals surface area (Å²) >= 11 is 8.96. The van der Waals surface area contributed by atoms with E-state index in [1.54, 1.807) is 6.07 Å². The Bertz CT molecular complexity index is 1590. The molecule has 0 saturated heterocycles. The maximum absolute atomic E-state index is 13.0. The average Bonchev–Trinajstić information content (AvgIpc) is 3.27. The van der Waals surface area contributed by atoms with E-state index in [9.17, 15) is 4.79 Å². The molecule has 1 heterocycles. The highest BCUT2D eigenvalue weighted by Crippen LogP contribution is 2.29. The molecule has 0 spiro atoms. The van der Waals surface area contributed by atoms with Crippen LogP contribution in [0.25, 0.3) is 33.3 Å². The van der Waals surface area contributed by atoms with E-state index in [0.29, 0.717) is 17.4 Å². The average molecular weight is 544 g/mol. The fraction of sp³-hybridized carbons (Fsp3) is 0.107. The molecule has 0 aliphatic carbocycles. The van der Waals surface area contributed by atoms with E-state index in [0.717, 1.165) is 37.6 Å². The highest BCUT2D eigenvalue weighted by Gasteiger charge is 2.14. The van der Waals surface area contributed by atoms with E-state index >= 15 is 0 Å². The number of nitrogens with zero attached hydrogens (tertiary/aromatic N) is 1. The summed E-state index contributed by atoms with van der Waals surface area (Å²) in [5.41, 5.74) is 4.87. The quantitative estimate of drug-likeness (QED) is 0.228. The molecule has 0 unspecified atom stereocenters. The summed E-state index contributed by atoms with van der Waals surface area (Å²) in [5.74, 6) is 0.668. The first kappa shape index (κ1) is 23.2. The normalized spacial score (nSPS) is 11.2. The Morgan fingerprint density at radius 2 is 1.74 bits per heavy atom. The first-order chi connectivity index (χ1) is 16.9. The van der Waals surface area contributed by atoms with Gasteiger partial charge in [-0.15, -0.1) is 0 Å². The number of aromatic nitrogens is 1. The molecule has 0 aliphatic rings. The highest BCUT2D eigenvalue weighted by atomic mass is 79.9. The van der Waals surface area contributed by atoms with Crippen LogP contribution in [-0.2, 0) is 0 Å². The SMILES string of the molecule is CC(C)c1ccc2oc(-c3cccc(NC(=S)NC(=O)c4cccc5c(Br)cccc45)c3)nc2c1. The lowest BCUT2D eigenvalue weighted by atomic mass is 10.0. The monoisotopic (exact) mass is 543 g/mol. The van der Waals surface area contributed by atoms with E-state index < -0.39 is 0 Å². The van der Waals surface area contributed by atoms with Crippen LogP contribution in [0.1, 0.15) is 35.7 Å². The van der Waals surface area contributed by atoms with Gasteiger partial charge in [-0.25, -0.2) is 4.98 Å². The Morgan fingerprint density at radius 1 is 0.971 bits per heavy atom. The zero-order chi connectivity index (χ0) is 24.5. The molecule has 7 heteroatoms. The summed E-state index contributed by atoms with van der Waals surface area (Å²) < 4.78 is 6.91. The van der Waals surface area contributed by atoms with Crippen LogP contribution in [0.15, 0.2) is 87.8 Å². The summed E-state index contributed by atoms with van der Waals surface area (Å²) in [7, 11) is 0. The summed E-state index contributed by atoms with van der Waals surface area (Å²) in [6.07, 6.45) is 0. The molecule has 0 atom stereocenters. The van der Waals surface area contributed by atoms with Crippen LogP contribution in [0.2, 0.25) is 0 Å². The maximum atomic E-state index is 13.0. The van der Waals surface area contributed by atoms with E-state index in [-0.39, 0.29) is 11.0 Å². The van der Waals surface area contributed by atoms with Gasteiger partial charge in [0.25, 0.3) is 5.91 Å². The lowest BCUT2D eigenvalue weighted by Crippen LogP contribution is -2.34. The number of thiocarbonyl (C=S) groups is 1. The number of hydrogen-bond donors (Lipinski definition) is 2. The molecule has 2 N–H and O–H groups in total. The van der Waals surface area contributed by atoms with E-state index in [1.165, 1.54) is 5.56 Å². The zero-order valence-electron chi connectivity index (χ0n) is 19.1. The fourth-order valence-electron chi connectivity index (χ4n) is 3.96.